The summed E-state index contributed by atoms with van der Waals surface area (Å²) in [6.07, 6.45) is 3.91. The Hall–Kier alpha value is -2.59. The minimum Gasteiger partial charge on any atom is -0.465 e. The van der Waals surface area contributed by atoms with E-state index in [1.165, 1.54) is 0 Å². The molecule has 1 unspecified atom stereocenters. The zero-order chi connectivity index (χ0) is 26.7. The topological polar surface area (TPSA) is 117 Å². The van der Waals surface area contributed by atoms with E-state index in [0.29, 0.717) is 5.92 Å². The first-order valence-corrected chi connectivity index (χ1v) is 13.5. The second kappa shape index (κ2) is 9.31. The maximum Gasteiger partial charge on any atom is 0.494 e. The van der Waals surface area contributed by atoms with Crippen molar-refractivity contribution in [2.45, 2.75) is 103 Å². The fourth-order valence-corrected chi connectivity index (χ4v) is 6.16. The Morgan fingerprint density at radius 2 is 1.84 bits per heavy atom. The van der Waals surface area contributed by atoms with Gasteiger partial charge in [-0.25, -0.2) is 9.78 Å². The number of amides is 2. The van der Waals surface area contributed by atoms with Crippen molar-refractivity contribution in [2.75, 3.05) is 0 Å². The molecule has 3 N–H and O–H groups in total. The van der Waals surface area contributed by atoms with Gasteiger partial charge < -0.3 is 29.6 Å². The Balaban J connectivity index is 1.47. The number of fused-ring (bicyclic) bond motifs is 2. The lowest BCUT2D eigenvalue weighted by Crippen LogP contribution is -2.53. The first-order chi connectivity index (χ1) is 17.4. The van der Waals surface area contributed by atoms with Gasteiger partial charge in [-0.2, -0.15) is 0 Å². The van der Waals surface area contributed by atoms with Gasteiger partial charge in [-0.05, 0) is 76.4 Å². The number of hydrogen-bond donors (Lipinski definition) is 3. The number of carbonyl (C=O) groups excluding carboxylic acids is 1. The third kappa shape index (κ3) is 4.63. The van der Waals surface area contributed by atoms with Crippen LogP contribution >= 0.6 is 0 Å². The highest BCUT2D eigenvalue weighted by molar-refractivity contribution is 6.62. The molecule has 2 amide bonds. The molecule has 0 bridgehead atoms. The van der Waals surface area contributed by atoms with E-state index < -0.39 is 30.5 Å². The van der Waals surface area contributed by atoms with E-state index in [1.54, 1.807) is 0 Å². The number of rotatable bonds is 5. The van der Waals surface area contributed by atoms with Gasteiger partial charge in [0.05, 0.1) is 28.3 Å². The van der Waals surface area contributed by atoms with Crippen molar-refractivity contribution in [3.8, 4) is 0 Å². The van der Waals surface area contributed by atoms with Crippen LogP contribution < -0.4 is 10.8 Å². The fraction of sp³-hybridized carbons (Fsp3) is 0.667. The highest BCUT2D eigenvalue weighted by atomic mass is 16.7. The number of aromatic amines is 1. The summed E-state index contributed by atoms with van der Waals surface area (Å²) in [6.45, 7) is 11.9. The summed E-state index contributed by atoms with van der Waals surface area (Å²) in [5.74, 6) is 0.829. The molecule has 1 aliphatic carbocycles. The zero-order valence-electron chi connectivity index (χ0n) is 22.7. The molecule has 0 spiro atoms. The van der Waals surface area contributed by atoms with Crippen molar-refractivity contribution in [2.24, 2.45) is 11.8 Å². The molecule has 2 saturated heterocycles. The lowest BCUT2D eigenvalue weighted by molar-refractivity contribution is -0.138. The first kappa shape index (κ1) is 26.0. The molecule has 2 aliphatic heterocycles. The van der Waals surface area contributed by atoms with Crippen LogP contribution in [0.1, 0.15) is 85.5 Å². The Morgan fingerprint density at radius 1 is 1.16 bits per heavy atom. The SMILES string of the molecule is CC(C)C(NC(=O)O)C(=O)N1[C@H](c2nc3ccc(B4OC(C)(C)C(C)(C)O4)cc3[nH]2)C[C@@H]2CCCC[C@@H]21. The fourth-order valence-electron chi connectivity index (χ4n) is 6.16. The molecule has 4 atom stereocenters. The molecule has 200 valence electrons. The Morgan fingerprint density at radius 3 is 2.49 bits per heavy atom. The summed E-state index contributed by atoms with van der Waals surface area (Å²) >= 11 is 0. The molecule has 0 radical (unpaired) electrons. The number of likely N-dealkylation sites (tertiary alicyclic amines) is 1. The minimum atomic E-state index is -1.18. The minimum absolute atomic E-state index is 0.108. The average molecular weight is 510 g/mol. The van der Waals surface area contributed by atoms with Crippen LogP contribution in [0.4, 0.5) is 4.79 Å². The molecular formula is C27H39BN4O5. The van der Waals surface area contributed by atoms with Gasteiger partial charge in [-0.1, -0.05) is 32.8 Å². The lowest BCUT2D eigenvalue weighted by atomic mass is 9.79. The maximum absolute atomic E-state index is 13.9. The van der Waals surface area contributed by atoms with Crippen LogP contribution in [0.25, 0.3) is 11.0 Å². The predicted molar refractivity (Wildman–Crippen MR) is 142 cm³/mol. The van der Waals surface area contributed by atoms with Crippen molar-refractivity contribution >= 4 is 35.6 Å². The van der Waals surface area contributed by atoms with Gasteiger partial charge in [0, 0.05) is 6.04 Å². The number of benzene rings is 1. The Labute approximate surface area is 218 Å². The third-order valence-corrected chi connectivity index (χ3v) is 8.92. The van der Waals surface area contributed by atoms with Gasteiger partial charge in [-0.3, -0.25) is 4.79 Å². The van der Waals surface area contributed by atoms with E-state index in [2.05, 4.69) is 10.3 Å². The van der Waals surface area contributed by atoms with E-state index in [9.17, 15) is 14.7 Å². The normalized spacial score (nSPS) is 27.5. The molecule has 2 aromatic rings. The molecule has 1 saturated carbocycles. The first-order valence-electron chi connectivity index (χ1n) is 13.5. The number of carboxylic acid groups (broad SMARTS) is 1. The van der Waals surface area contributed by atoms with Crippen molar-refractivity contribution in [3.05, 3.63) is 24.0 Å². The van der Waals surface area contributed by atoms with E-state index in [4.69, 9.17) is 14.3 Å². The lowest BCUT2D eigenvalue weighted by Gasteiger charge is -2.36. The van der Waals surface area contributed by atoms with Gasteiger partial charge in [0.2, 0.25) is 5.91 Å². The highest BCUT2D eigenvalue weighted by Crippen LogP contribution is 2.46. The molecular weight excluding hydrogens is 471 g/mol. The van der Waals surface area contributed by atoms with E-state index in [0.717, 1.165) is 54.4 Å². The van der Waals surface area contributed by atoms with Crippen LogP contribution in [0, 0.1) is 11.8 Å². The molecule has 10 heteroatoms. The van der Waals surface area contributed by atoms with E-state index >= 15 is 0 Å². The van der Waals surface area contributed by atoms with Crippen LogP contribution in [0.3, 0.4) is 0 Å². The second-order valence-corrected chi connectivity index (χ2v) is 12.3. The Bertz CT molecular complexity index is 1180. The van der Waals surface area contributed by atoms with Crippen LogP contribution in [-0.2, 0) is 14.1 Å². The third-order valence-electron chi connectivity index (χ3n) is 8.92. The van der Waals surface area contributed by atoms with Crippen LogP contribution in [0.15, 0.2) is 18.2 Å². The number of imidazole rings is 1. The summed E-state index contributed by atoms with van der Waals surface area (Å²) < 4.78 is 12.5. The number of aromatic nitrogens is 2. The standard InChI is InChI=1S/C27H39BN4O5/c1-15(2)22(31-25(34)35)24(33)32-20-10-8-7-9-16(20)13-21(32)23-29-18-12-11-17(14-19(18)30-23)28-36-26(3,4)27(5,6)37-28/h11-12,14-16,20-22,31H,7-10,13H2,1-6H3,(H,29,30)(H,34,35)/t16-,20-,21-,22?/m0/s1. The highest BCUT2D eigenvalue weighted by Gasteiger charge is 2.52. The smallest absolute Gasteiger partial charge is 0.465 e. The van der Waals surface area contributed by atoms with E-state index in [1.807, 2.05) is 64.6 Å². The van der Waals surface area contributed by atoms with Crippen molar-refractivity contribution < 1.29 is 24.0 Å². The summed E-state index contributed by atoms with van der Waals surface area (Å²) in [4.78, 5) is 35.7. The molecule has 5 rings (SSSR count). The van der Waals surface area contributed by atoms with Gasteiger partial charge in [0.1, 0.15) is 11.9 Å². The summed E-state index contributed by atoms with van der Waals surface area (Å²) in [5.41, 5.74) is 1.75. The molecule has 9 nitrogen and oxygen atoms in total. The van der Waals surface area contributed by atoms with Crippen molar-refractivity contribution in [1.82, 2.24) is 20.2 Å². The van der Waals surface area contributed by atoms with Crippen LogP contribution in [-0.4, -0.2) is 62.4 Å². The molecule has 3 heterocycles. The summed E-state index contributed by atoms with van der Waals surface area (Å²) in [5, 5.41) is 11.9. The number of nitrogens with one attached hydrogen (secondary N) is 2. The molecule has 3 aliphatic rings. The number of nitrogens with zero attached hydrogens (tertiary/aromatic N) is 2. The number of hydrogen-bond acceptors (Lipinski definition) is 5. The van der Waals surface area contributed by atoms with Crippen molar-refractivity contribution in [3.63, 3.8) is 0 Å². The van der Waals surface area contributed by atoms with Gasteiger partial charge in [0.25, 0.3) is 0 Å². The number of carbonyl (C=O) groups is 2. The van der Waals surface area contributed by atoms with Crippen molar-refractivity contribution in [1.29, 1.82) is 0 Å². The largest absolute Gasteiger partial charge is 0.494 e. The van der Waals surface area contributed by atoms with Crippen LogP contribution in [0.2, 0.25) is 0 Å². The Kier molecular flexibility index (Phi) is 6.55. The average Bonchev–Trinajstić information content (AvgIpc) is 3.47. The molecule has 1 aromatic heterocycles. The quantitative estimate of drug-likeness (QED) is 0.524. The summed E-state index contributed by atoms with van der Waals surface area (Å²) in [7, 11) is -0.470. The molecule has 37 heavy (non-hydrogen) atoms. The zero-order valence-corrected chi connectivity index (χ0v) is 22.7. The number of H-pyrrole nitrogens is 1. The van der Waals surface area contributed by atoms with Gasteiger partial charge >= 0.3 is 13.2 Å². The predicted octanol–water partition coefficient (Wildman–Crippen LogP) is 3.99. The van der Waals surface area contributed by atoms with Gasteiger partial charge in [0.15, 0.2) is 0 Å². The molecule has 3 fully saturated rings. The van der Waals surface area contributed by atoms with Crippen LogP contribution in [0.5, 0.6) is 0 Å². The molecule has 1 aromatic carbocycles. The van der Waals surface area contributed by atoms with Gasteiger partial charge in [-0.15, -0.1) is 0 Å². The maximum atomic E-state index is 13.9. The second-order valence-electron chi connectivity index (χ2n) is 12.3. The summed E-state index contributed by atoms with van der Waals surface area (Å²) in [6, 6.07) is 5.07. The monoisotopic (exact) mass is 510 g/mol. The van der Waals surface area contributed by atoms with E-state index in [-0.39, 0.29) is 23.9 Å².